The molecule has 2 N–H and O–H groups in total. The summed E-state index contributed by atoms with van der Waals surface area (Å²) in [5.41, 5.74) is -7.54. The van der Waals surface area contributed by atoms with Crippen molar-refractivity contribution in [3.05, 3.63) is 88.1 Å². The van der Waals surface area contributed by atoms with Crippen molar-refractivity contribution in [2.75, 3.05) is 45.2 Å². The lowest BCUT2D eigenvalue weighted by molar-refractivity contribution is -0.160. The van der Waals surface area contributed by atoms with Crippen LogP contribution in [0.5, 0.6) is 0 Å². The number of aliphatic hydroxyl groups excluding tert-OH is 1. The quantitative estimate of drug-likeness (QED) is 0.192. The van der Waals surface area contributed by atoms with Crippen LogP contribution in [-0.2, 0) is 33.2 Å². The molecule has 0 bridgehead atoms. The molecule has 0 saturated carbocycles. The van der Waals surface area contributed by atoms with E-state index in [-0.39, 0.29) is 11.1 Å². The highest BCUT2D eigenvalue weighted by Gasteiger charge is 2.46. The van der Waals surface area contributed by atoms with Gasteiger partial charge in [0, 0.05) is 31.3 Å². The van der Waals surface area contributed by atoms with Crippen LogP contribution < -0.4 is 5.32 Å². The Morgan fingerprint density at radius 3 is 2.35 bits per heavy atom. The number of alkyl halides is 6. The number of carbonyl (C=O) groups excluding carboxylic acids is 2. The largest absolute Gasteiger partial charge is 0.509 e. The number of hydrazine groups is 1. The van der Waals surface area contributed by atoms with E-state index in [1.165, 1.54) is 38.0 Å². The maximum absolute atomic E-state index is 15.4. The monoisotopic (exact) mass is 738 g/mol. The van der Waals surface area contributed by atoms with Gasteiger partial charge in [-0.1, -0.05) is 17.9 Å². The van der Waals surface area contributed by atoms with Crippen LogP contribution in [0.2, 0.25) is 0 Å². The Bertz CT molecular complexity index is 1980. The molecule has 10 nitrogen and oxygen atoms in total. The van der Waals surface area contributed by atoms with Crippen molar-refractivity contribution in [3.8, 4) is 23.1 Å². The molecule has 1 saturated heterocycles. The number of carbonyl (C=O) groups is 2. The van der Waals surface area contributed by atoms with Gasteiger partial charge in [-0.2, -0.15) is 26.3 Å². The molecular weight excluding hydrogens is 708 g/mol. The van der Waals surface area contributed by atoms with Gasteiger partial charge in [0.1, 0.15) is 23.4 Å². The van der Waals surface area contributed by atoms with Gasteiger partial charge in [-0.25, -0.2) is 23.8 Å². The maximum Gasteiger partial charge on any atom is 0.433 e. The van der Waals surface area contributed by atoms with Crippen LogP contribution in [-0.4, -0.2) is 87.2 Å². The van der Waals surface area contributed by atoms with Crippen LogP contribution in [0, 0.1) is 23.5 Å². The summed E-state index contributed by atoms with van der Waals surface area (Å²) in [5.74, 6) is -0.571. The third-order valence-electron chi connectivity index (χ3n) is 8.60. The molecule has 1 fully saturated rings. The normalized spacial score (nSPS) is 17.2. The average Bonchev–Trinajstić information content (AvgIpc) is 3.08. The number of halogens is 8. The van der Waals surface area contributed by atoms with E-state index < -0.39 is 87.4 Å². The fourth-order valence-electron chi connectivity index (χ4n) is 5.37. The van der Waals surface area contributed by atoms with Gasteiger partial charge in [-0.3, -0.25) is 19.5 Å². The van der Waals surface area contributed by atoms with Gasteiger partial charge in [0.2, 0.25) is 0 Å². The highest BCUT2D eigenvalue weighted by molar-refractivity contribution is 6.24. The predicted octanol–water partition coefficient (Wildman–Crippen LogP) is 5.56. The van der Waals surface area contributed by atoms with Gasteiger partial charge in [-0.05, 0) is 44.2 Å². The van der Waals surface area contributed by atoms with Gasteiger partial charge >= 0.3 is 12.4 Å². The van der Waals surface area contributed by atoms with Gasteiger partial charge in [0.25, 0.3) is 11.8 Å². The van der Waals surface area contributed by atoms with Crippen molar-refractivity contribution in [1.29, 1.82) is 0 Å². The summed E-state index contributed by atoms with van der Waals surface area (Å²) in [4.78, 5) is 36.2. The average molecular weight is 739 g/mol. The molecule has 0 aliphatic carbocycles. The molecule has 0 atom stereocenters. The number of likely N-dealkylation sites (N-methyl/N-ethyl adjacent to an activating group) is 1. The number of ether oxygens (including phenoxy) is 1. The second kappa shape index (κ2) is 14.5. The molecule has 2 aliphatic heterocycles. The van der Waals surface area contributed by atoms with E-state index in [1.54, 1.807) is 0 Å². The second-order valence-corrected chi connectivity index (χ2v) is 12.3. The highest BCUT2D eigenvalue weighted by Crippen LogP contribution is 2.38. The van der Waals surface area contributed by atoms with E-state index in [2.05, 4.69) is 27.1 Å². The molecule has 276 valence electrons. The van der Waals surface area contributed by atoms with Crippen molar-refractivity contribution >= 4 is 17.5 Å². The van der Waals surface area contributed by atoms with Crippen LogP contribution >= 0.6 is 0 Å². The molecule has 2 amide bonds. The zero-order chi connectivity index (χ0) is 38.2. The molecule has 18 heteroatoms. The highest BCUT2D eigenvalue weighted by atomic mass is 19.4. The molecule has 2 aliphatic rings. The minimum Gasteiger partial charge on any atom is -0.509 e. The number of benzene rings is 2. The number of aromatic nitrogens is 2. The van der Waals surface area contributed by atoms with E-state index in [4.69, 9.17) is 4.74 Å². The first-order valence-electron chi connectivity index (χ1n) is 15.5. The zero-order valence-electron chi connectivity index (χ0n) is 27.7. The summed E-state index contributed by atoms with van der Waals surface area (Å²) < 4.78 is 117. The fraction of sp³-hybridized carbons (Fsp3) is 0.353. The van der Waals surface area contributed by atoms with E-state index >= 15 is 8.78 Å². The molecule has 1 aromatic heterocycles. The molecule has 0 spiro atoms. The third-order valence-corrected chi connectivity index (χ3v) is 8.60. The molecular formula is C34H30F8N6O4. The molecule has 3 heterocycles. The van der Waals surface area contributed by atoms with Crippen molar-refractivity contribution in [3.63, 3.8) is 0 Å². The number of aliphatic hydroxyl groups is 1. The van der Waals surface area contributed by atoms with Crippen molar-refractivity contribution in [2.45, 2.75) is 38.3 Å². The van der Waals surface area contributed by atoms with Gasteiger partial charge in [-0.15, -0.1) is 0 Å². The third kappa shape index (κ3) is 7.86. The van der Waals surface area contributed by atoms with Crippen molar-refractivity contribution in [1.82, 2.24) is 24.9 Å². The Morgan fingerprint density at radius 1 is 1.00 bits per heavy atom. The Labute approximate surface area is 291 Å². The lowest BCUT2D eigenvalue weighted by Crippen LogP contribution is -2.60. The smallest absolute Gasteiger partial charge is 0.433 e. The summed E-state index contributed by atoms with van der Waals surface area (Å²) in [6.07, 6.45) is -9.46. The Balaban J connectivity index is 1.45. The van der Waals surface area contributed by atoms with Crippen molar-refractivity contribution in [2.24, 2.45) is 0 Å². The number of nitrogens with zero attached hydrogens (tertiary/aromatic N) is 5. The number of hydrogen-bond donors (Lipinski definition) is 2. The summed E-state index contributed by atoms with van der Waals surface area (Å²) in [6, 6.07) is 4.54. The molecule has 0 radical (unpaired) electrons. The van der Waals surface area contributed by atoms with Gasteiger partial charge in [0.05, 0.1) is 54.4 Å². The first kappa shape index (κ1) is 38.1. The first-order chi connectivity index (χ1) is 24.3. The van der Waals surface area contributed by atoms with Gasteiger partial charge < -0.3 is 15.2 Å². The molecule has 3 aromatic rings. The zero-order valence-corrected chi connectivity index (χ0v) is 27.7. The summed E-state index contributed by atoms with van der Waals surface area (Å²) in [5, 5.41) is 15.3. The Morgan fingerprint density at radius 2 is 1.69 bits per heavy atom. The molecule has 5 rings (SSSR count). The van der Waals surface area contributed by atoms with E-state index in [1.807, 2.05) is 4.90 Å². The maximum atomic E-state index is 15.4. The summed E-state index contributed by atoms with van der Waals surface area (Å²) in [6.45, 7) is 4.78. The Hall–Kier alpha value is -5.12. The summed E-state index contributed by atoms with van der Waals surface area (Å²) >= 11 is 0. The number of hydrogen-bond acceptors (Lipinski definition) is 8. The van der Waals surface area contributed by atoms with Crippen LogP contribution in [0.3, 0.4) is 0 Å². The number of nitrogens with one attached hydrogen (secondary N) is 1. The number of amides is 2. The molecule has 0 unspecified atom stereocenters. The number of anilines is 1. The lowest BCUT2D eigenvalue weighted by atomic mass is 9.93. The van der Waals surface area contributed by atoms with E-state index in [9.17, 15) is 41.0 Å². The van der Waals surface area contributed by atoms with Crippen molar-refractivity contribution < 1.29 is 54.6 Å². The first-order valence-corrected chi connectivity index (χ1v) is 15.5. The SMILES string of the molecule is CN1N(Cc2ccc(C#CCN3CCOCC3)c(F)c2F)C(=O)C(C(=O)Nc2ccc(C(F)(F)F)cc2-c2cc(C(F)(F)F)ncn2)=C(O)C1(C)C. The van der Waals surface area contributed by atoms with E-state index in [0.29, 0.717) is 57.4 Å². The summed E-state index contributed by atoms with van der Waals surface area (Å²) in [7, 11) is 1.34. The lowest BCUT2D eigenvalue weighted by Gasteiger charge is -2.46. The standard InChI is InChI=1S/C34H30F8N6O4/c1-32(2)29(49)26(30(50)45-23-9-8-21(33(37,38)39)15-22(23)24-16-25(34(40,41)42)44-18-43-24)31(51)48(46(32)3)17-20-7-6-19(27(35)28(20)36)5-4-10-47-11-13-52-14-12-47/h6-9,15-16,18,49H,10-14,17H2,1-3H3,(H,45,50). The van der Waals surface area contributed by atoms with Crippen LogP contribution in [0.15, 0.2) is 54.1 Å². The van der Waals surface area contributed by atoms with Crippen LogP contribution in [0.1, 0.15) is 36.2 Å². The molecule has 2 aromatic carbocycles. The predicted molar refractivity (Wildman–Crippen MR) is 169 cm³/mol. The van der Waals surface area contributed by atoms with Crippen LogP contribution in [0.25, 0.3) is 11.3 Å². The minimum absolute atomic E-state index is 0.232. The molecule has 52 heavy (non-hydrogen) atoms. The Kier molecular flexibility index (Phi) is 10.6. The topological polar surface area (TPSA) is 111 Å². The fourth-order valence-corrected chi connectivity index (χ4v) is 5.37. The number of morpholine rings is 1. The van der Waals surface area contributed by atoms with Crippen LogP contribution in [0.4, 0.5) is 40.8 Å². The number of rotatable bonds is 6. The second-order valence-electron chi connectivity index (χ2n) is 12.3. The van der Waals surface area contributed by atoms with Gasteiger partial charge in [0.15, 0.2) is 11.6 Å². The minimum atomic E-state index is -4.99. The van der Waals surface area contributed by atoms with E-state index in [0.717, 1.165) is 11.1 Å².